The van der Waals surface area contributed by atoms with Gasteiger partial charge in [0, 0.05) is 49.6 Å². The topological polar surface area (TPSA) is 21.3 Å². The van der Waals surface area contributed by atoms with Crippen LogP contribution in [0.25, 0.3) is 82.8 Å². The van der Waals surface area contributed by atoms with E-state index in [0.29, 0.717) is 0 Å². The molecule has 2 aliphatic carbocycles. The molecule has 0 amide bonds. The lowest BCUT2D eigenvalue weighted by Crippen LogP contribution is -2.60. The third kappa shape index (κ3) is 4.10. The molecule has 0 saturated heterocycles. The summed E-state index contributed by atoms with van der Waals surface area (Å²) in [4.78, 5) is 2.71. The summed E-state index contributed by atoms with van der Waals surface area (Å²) >= 11 is 0. The average molecular weight is 797 g/mol. The van der Waals surface area contributed by atoms with Gasteiger partial charge < -0.3 is 13.8 Å². The van der Waals surface area contributed by atoms with Gasteiger partial charge in [0.05, 0.1) is 16.4 Å². The zero-order valence-corrected chi connectivity index (χ0v) is 36.2. The van der Waals surface area contributed by atoms with Crippen molar-refractivity contribution in [2.24, 2.45) is 0 Å². The van der Waals surface area contributed by atoms with Crippen LogP contribution in [0, 0.1) is 0 Å². The fraction of sp³-hybridized carbons (Fsp3) is 0.172. The van der Waals surface area contributed by atoms with Crippen LogP contribution in [0.3, 0.4) is 0 Å². The molecule has 296 valence electrons. The Balaban J connectivity index is 1.16. The van der Waals surface area contributed by atoms with E-state index in [1.807, 2.05) is 0 Å². The quantitative estimate of drug-likeness (QED) is 0.154. The van der Waals surface area contributed by atoms with E-state index in [4.69, 9.17) is 4.42 Å². The molecule has 0 radical (unpaired) electrons. The summed E-state index contributed by atoms with van der Waals surface area (Å²) in [5.74, 6) is 0. The maximum Gasteiger partial charge on any atom is 0.333 e. The average Bonchev–Trinajstić information content (AvgIpc) is 3.95. The van der Waals surface area contributed by atoms with E-state index in [1.165, 1.54) is 111 Å². The van der Waals surface area contributed by atoms with Crippen LogP contribution in [0.15, 0.2) is 150 Å². The molecule has 0 bridgehead atoms. The summed E-state index contributed by atoms with van der Waals surface area (Å²) in [6.45, 7) is 16.5. The predicted octanol–water partition coefficient (Wildman–Crippen LogP) is 13.8. The zero-order valence-electron chi connectivity index (χ0n) is 36.2. The van der Waals surface area contributed by atoms with E-state index in [-0.39, 0.29) is 23.1 Å². The van der Waals surface area contributed by atoms with Gasteiger partial charge in [0.25, 0.3) is 0 Å². The number of nitrogens with zero attached hydrogens (tertiary/aromatic N) is 2. The highest BCUT2D eigenvalue weighted by molar-refractivity contribution is 6.93. The highest BCUT2D eigenvalue weighted by Gasteiger charge is 2.48. The van der Waals surface area contributed by atoms with Crippen LogP contribution >= 0.6 is 0 Å². The molecule has 10 aromatic rings. The molecule has 4 heterocycles. The van der Waals surface area contributed by atoms with Crippen molar-refractivity contribution >= 4 is 72.9 Å². The van der Waals surface area contributed by atoms with Gasteiger partial charge in [0.15, 0.2) is 0 Å². The van der Waals surface area contributed by atoms with Crippen molar-refractivity contribution in [3.8, 4) is 39.1 Å². The Morgan fingerprint density at radius 1 is 0.516 bits per heavy atom. The SMILES string of the molecule is CC(C)(C)c1ccc(N2B3c4cc5c(cc4-n4c6ccc7c8ccccc8oc7c6c6ccc(c3c64)-c3cc4c(cc32)C(C)(C)c2ccccc2-4)-c2ccccc2C5(C)C)cc1. The first-order valence-electron chi connectivity index (χ1n) is 22.3. The highest BCUT2D eigenvalue weighted by Crippen LogP contribution is 2.56. The molecule has 0 saturated carbocycles. The van der Waals surface area contributed by atoms with Crippen molar-refractivity contribution in [3.63, 3.8) is 0 Å². The predicted molar refractivity (Wildman–Crippen MR) is 261 cm³/mol. The summed E-state index contributed by atoms with van der Waals surface area (Å²) in [7, 11) is 0. The first kappa shape index (κ1) is 34.9. The monoisotopic (exact) mass is 796 g/mol. The molecule has 2 aliphatic heterocycles. The van der Waals surface area contributed by atoms with Crippen molar-refractivity contribution in [3.05, 3.63) is 173 Å². The second kappa shape index (κ2) is 11.2. The number of hydrogen-bond acceptors (Lipinski definition) is 2. The Bertz CT molecular complexity index is 3680. The highest BCUT2D eigenvalue weighted by atomic mass is 16.3. The number of aromatic nitrogens is 1. The largest absolute Gasteiger partial charge is 0.455 e. The van der Waals surface area contributed by atoms with E-state index in [1.54, 1.807) is 0 Å². The fourth-order valence-corrected chi connectivity index (χ4v) is 12.4. The van der Waals surface area contributed by atoms with E-state index < -0.39 is 0 Å². The molecule has 0 fully saturated rings. The lowest BCUT2D eigenvalue weighted by Gasteiger charge is -2.43. The molecule has 0 spiro atoms. The maximum atomic E-state index is 6.89. The lowest BCUT2D eigenvalue weighted by molar-refractivity contribution is 0.590. The van der Waals surface area contributed by atoms with Gasteiger partial charge in [-0.15, -0.1) is 0 Å². The summed E-state index contributed by atoms with van der Waals surface area (Å²) < 4.78 is 9.49. The molecule has 2 aromatic heterocycles. The Kier molecular flexibility index (Phi) is 6.29. The third-order valence-electron chi connectivity index (χ3n) is 15.5. The number of rotatable bonds is 1. The van der Waals surface area contributed by atoms with E-state index in [0.717, 1.165) is 21.9 Å². The van der Waals surface area contributed by atoms with Gasteiger partial charge in [-0.2, -0.15) is 0 Å². The lowest BCUT2D eigenvalue weighted by atomic mass is 9.43. The summed E-state index contributed by atoms with van der Waals surface area (Å²) in [5, 5.41) is 4.73. The minimum absolute atomic E-state index is 0.0369. The van der Waals surface area contributed by atoms with Gasteiger partial charge in [0.2, 0.25) is 0 Å². The maximum absolute atomic E-state index is 6.89. The normalized spacial score (nSPS) is 15.9. The van der Waals surface area contributed by atoms with E-state index in [2.05, 4.69) is 203 Å². The first-order chi connectivity index (χ1) is 29.9. The minimum Gasteiger partial charge on any atom is -0.455 e. The van der Waals surface area contributed by atoms with Crippen LogP contribution in [0.5, 0.6) is 0 Å². The van der Waals surface area contributed by atoms with Gasteiger partial charge in [-0.3, -0.25) is 0 Å². The van der Waals surface area contributed by atoms with Gasteiger partial charge in [-0.25, -0.2) is 0 Å². The molecule has 3 nitrogen and oxygen atoms in total. The number of para-hydroxylation sites is 1. The van der Waals surface area contributed by atoms with Gasteiger partial charge in [-0.05, 0) is 121 Å². The molecule has 0 atom stereocenters. The molecule has 14 rings (SSSR count). The molecule has 0 N–H and O–H groups in total. The van der Waals surface area contributed by atoms with Gasteiger partial charge in [0.1, 0.15) is 11.2 Å². The van der Waals surface area contributed by atoms with Crippen molar-refractivity contribution in [1.29, 1.82) is 0 Å². The van der Waals surface area contributed by atoms with Crippen molar-refractivity contribution in [2.45, 2.75) is 64.7 Å². The standard InChI is InChI=1S/C58H45BN2O/c1-56(2,3)32-20-22-33(23-21-32)61-49-31-46-40(34-14-8-11-17-43(34)58(46,6)7)28-42(49)37-24-25-39-52-48(27-26-38-36-16-10-13-19-51(36)62-55(38)52)60-50-29-41-35-15-9-12-18-44(35)57(4,5)45(41)30-47(50)59(61)53(37)54(39)60/h8-31H,1-7H3. The molecule has 4 aliphatic rings. The number of benzene rings is 8. The van der Waals surface area contributed by atoms with Crippen LogP contribution in [0.2, 0.25) is 0 Å². The number of fused-ring (bicyclic) bond motifs is 18. The molecule has 62 heavy (non-hydrogen) atoms. The molecular formula is C58H45BN2O. The van der Waals surface area contributed by atoms with Crippen molar-refractivity contribution < 1.29 is 4.42 Å². The van der Waals surface area contributed by atoms with Crippen LogP contribution in [-0.4, -0.2) is 11.4 Å². The second-order valence-corrected chi connectivity index (χ2v) is 20.5. The van der Waals surface area contributed by atoms with E-state index in [9.17, 15) is 0 Å². The molecule has 4 heteroatoms. The smallest absolute Gasteiger partial charge is 0.333 e. The van der Waals surface area contributed by atoms with Gasteiger partial charge >= 0.3 is 6.85 Å². The minimum atomic E-state index is -0.155. The van der Waals surface area contributed by atoms with Crippen LogP contribution in [0.1, 0.15) is 76.3 Å². The Morgan fingerprint density at radius 3 is 1.89 bits per heavy atom. The summed E-state index contributed by atoms with van der Waals surface area (Å²) in [6.07, 6.45) is 0. The Hall–Kier alpha value is -6.78. The number of furan rings is 1. The zero-order chi connectivity index (χ0) is 41.8. The third-order valence-corrected chi connectivity index (χ3v) is 15.5. The Morgan fingerprint density at radius 2 is 1.16 bits per heavy atom. The van der Waals surface area contributed by atoms with Crippen LogP contribution in [-0.2, 0) is 16.2 Å². The van der Waals surface area contributed by atoms with Crippen LogP contribution in [0.4, 0.5) is 11.4 Å². The summed E-state index contributed by atoms with van der Waals surface area (Å²) in [5.41, 5.74) is 25.4. The molecule has 8 aromatic carbocycles. The molecular weight excluding hydrogens is 751 g/mol. The van der Waals surface area contributed by atoms with Crippen molar-refractivity contribution in [2.75, 3.05) is 4.81 Å². The second-order valence-electron chi connectivity index (χ2n) is 20.5. The number of hydrogen-bond donors (Lipinski definition) is 0. The van der Waals surface area contributed by atoms with Gasteiger partial charge in [-0.1, -0.05) is 146 Å². The number of anilines is 2. The molecule has 0 unspecified atom stereocenters. The Labute approximate surface area is 362 Å². The van der Waals surface area contributed by atoms with E-state index >= 15 is 0 Å². The van der Waals surface area contributed by atoms with Crippen LogP contribution < -0.4 is 15.7 Å². The fourth-order valence-electron chi connectivity index (χ4n) is 12.4. The summed E-state index contributed by atoms with van der Waals surface area (Å²) in [6, 6.07) is 55.8. The van der Waals surface area contributed by atoms with Crippen molar-refractivity contribution in [1.82, 2.24) is 4.57 Å². The first-order valence-corrected chi connectivity index (χ1v) is 22.3.